The third kappa shape index (κ3) is 4.12. The number of rotatable bonds is 6. The lowest BCUT2D eigenvalue weighted by molar-refractivity contribution is -0.131. The Hall–Kier alpha value is -3.78. The zero-order chi connectivity index (χ0) is 23.7. The first-order valence-corrected chi connectivity index (χ1v) is 11.4. The summed E-state index contributed by atoms with van der Waals surface area (Å²) in [6.07, 6.45) is 3.51. The lowest BCUT2D eigenvalue weighted by Gasteiger charge is -2.30. The van der Waals surface area contributed by atoms with Crippen LogP contribution in [0.3, 0.4) is 0 Å². The van der Waals surface area contributed by atoms with E-state index in [2.05, 4.69) is 15.6 Å². The van der Waals surface area contributed by atoms with E-state index < -0.39 is 23.4 Å². The molecule has 34 heavy (non-hydrogen) atoms. The first-order valence-electron chi connectivity index (χ1n) is 11.4. The predicted molar refractivity (Wildman–Crippen MR) is 124 cm³/mol. The second kappa shape index (κ2) is 8.87. The number of ether oxygens (including phenoxy) is 1. The van der Waals surface area contributed by atoms with Crippen molar-refractivity contribution in [1.29, 1.82) is 0 Å². The molecule has 2 aliphatic rings. The molecule has 174 valence electrons. The molecule has 8 nitrogen and oxygen atoms in total. The Balaban J connectivity index is 1.40. The van der Waals surface area contributed by atoms with Crippen LogP contribution < -0.4 is 10.6 Å². The number of amides is 2. The van der Waals surface area contributed by atoms with Crippen LogP contribution in [0.15, 0.2) is 60.8 Å². The molecular formula is C26H25N3O5. The van der Waals surface area contributed by atoms with Gasteiger partial charge in [0.05, 0.1) is 11.6 Å². The van der Waals surface area contributed by atoms with Gasteiger partial charge in [0.15, 0.2) is 5.78 Å². The molecule has 1 aliphatic carbocycles. The molecule has 5 rings (SSSR count). The monoisotopic (exact) mass is 459 g/mol. The number of carbonyl (C=O) groups is 3. The lowest BCUT2D eigenvalue weighted by atomic mass is 9.91. The van der Waals surface area contributed by atoms with Crippen LogP contribution in [0.25, 0.3) is 10.9 Å². The van der Waals surface area contributed by atoms with Gasteiger partial charge in [0.25, 0.3) is 5.91 Å². The number of fused-ring (bicyclic) bond motifs is 2. The molecule has 1 saturated heterocycles. The van der Waals surface area contributed by atoms with Gasteiger partial charge in [0.1, 0.15) is 23.9 Å². The van der Waals surface area contributed by atoms with Crippen LogP contribution in [0.2, 0.25) is 0 Å². The van der Waals surface area contributed by atoms with Gasteiger partial charge in [0, 0.05) is 23.6 Å². The normalized spacial score (nSPS) is 22.4. The highest BCUT2D eigenvalue weighted by atomic mass is 16.5. The Labute approximate surface area is 196 Å². The zero-order valence-electron chi connectivity index (χ0n) is 18.5. The third-order valence-corrected chi connectivity index (χ3v) is 6.68. The van der Waals surface area contributed by atoms with Crippen LogP contribution in [-0.4, -0.2) is 52.0 Å². The number of ketones is 1. The maximum absolute atomic E-state index is 13.4. The van der Waals surface area contributed by atoms with Crippen molar-refractivity contribution in [2.75, 3.05) is 6.61 Å². The second-order valence-corrected chi connectivity index (χ2v) is 8.89. The van der Waals surface area contributed by atoms with Crippen molar-refractivity contribution in [3.63, 3.8) is 0 Å². The molecule has 2 aromatic carbocycles. The molecular weight excluding hydrogens is 434 g/mol. The van der Waals surface area contributed by atoms with E-state index in [0.717, 1.165) is 17.3 Å². The molecule has 3 unspecified atom stereocenters. The number of phenolic OH excluding ortho intramolecular Hbond substituents is 1. The van der Waals surface area contributed by atoms with Gasteiger partial charge in [-0.1, -0.05) is 18.2 Å². The van der Waals surface area contributed by atoms with Crippen LogP contribution >= 0.6 is 0 Å². The van der Waals surface area contributed by atoms with Crippen molar-refractivity contribution in [2.24, 2.45) is 0 Å². The molecule has 3 aromatic rings. The van der Waals surface area contributed by atoms with E-state index in [9.17, 15) is 19.5 Å². The van der Waals surface area contributed by atoms with Crippen molar-refractivity contribution < 1.29 is 24.2 Å². The fraction of sp³-hybridized carbons (Fsp3) is 0.308. The van der Waals surface area contributed by atoms with Crippen LogP contribution in [0.1, 0.15) is 35.2 Å². The van der Waals surface area contributed by atoms with E-state index in [4.69, 9.17) is 4.74 Å². The summed E-state index contributed by atoms with van der Waals surface area (Å²) in [4.78, 5) is 43.5. The molecule has 0 spiro atoms. The molecule has 2 fully saturated rings. The van der Waals surface area contributed by atoms with Gasteiger partial charge in [-0.3, -0.25) is 19.4 Å². The largest absolute Gasteiger partial charge is 0.508 e. The van der Waals surface area contributed by atoms with Gasteiger partial charge in [-0.25, -0.2) is 0 Å². The van der Waals surface area contributed by atoms with Gasteiger partial charge in [-0.15, -0.1) is 0 Å². The minimum atomic E-state index is -1.03. The summed E-state index contributed by atoms with van der Waals surface area (Å²) in [5.41, 5.74) is 0.802. The fourth-order valence-corrected chi connectivity index (χ4v) is 4.93. The summed E-state index contributed by atoms with van der Waals surface area (Å²) in [5, 5.41) is 16.4. The first-order chi connectivity index (χ1) is 16.4. The number of hydrogen-bond donors (Lipinski definition) is 3. The SMILES string of the molecule is O=C(NC(Cc1cccc(O)c1)C(=O)NC12CCCC1OCC2=O)c1ccc2ncccc2c1. The van der Waals surface area contributed by atoms with Gasteiger partial charge in [-0.2, -0.15) is 0 Å². The number of nitrogens with one attached hydrogen (secondary N) is 2. The average molecular weight is 460 g/mol. The predicted octanol–water partition coefficient (Wildman–Crippen LogP) is 2.29. The molecule has 3 N–H and O–H groups in total. The van der Waals surface area contributed by atoms with E-state index in [1.54, 1.807) is 48.7 Å². The zero-order valence-corrected chi connectivity index (χ0v) is 18.5. The van der Waals surface area contributed by atoms with Gasteiger partial charge < -0.3 is 20.5 Å². The van der Waals surface area contributed by atoms with Gasteiger partial charge >= 0.3 is 0 Å². The van der Waals surface area contributed by atoms with Crippen LogP contribution in [0, 0.1) is 0 Å². The molecule has 2 amide bonds. The number of aromatic hydroxyl groups is 1. The van der Waals surface area contributed by atoms with Crippen molar-refractivity contribution >= 4 is 28.5 Å². The number of nitrogens with zero attached hydrogens (tertiary/aromatic N) is 1. The molecule has 3 atom stereocenters. The Morgan fingerprint density at radius 1 is 1.18 bits per heavy atom. The van der Waals surface area contributed by atoms with Crippen molar-refractivity contribution in [2.45, 2.75) is 43.4 Å². The maximum atomic E-state index is 13.4. The number of hydrogen-bond acceptors (Lipinski definition) is 6. The maximum Gasteiger partial charge on any atom is 0.251 e. The Kier molecular flexibility index (Phi) is 5.75. The smallest absolute Gasteiger partial charge is 0.251 e. The molecule has 1 aromatic heterocycles. The van der Waals surface area contributed by atoms with Crippen LogP contribution in [-0.2, 0) is 20.7 Å². The summed E-state index contributed by atoms with van der Waals surface area (Å²) in [6.45, 7) is -0.0142. The third-order valence-electron chi connectivity index (χ3n) is 6.68. The molecule has 0 radical (unpaired) electrons. The topological polar surface area (TPSA) is 118 Å². The second-order valence-electron chi connectivity index (χ2n) is 8.89. The molecule has 1 aliphatic heterocycles. The highest BCUT2D eigenvalue weighted by molar-refractivity contribution is 6.02. The van der Waals surface area contributed by atoms with Crippen LogP contribution in [0.4, 0.5) is 0 Å². The van der Waals surface area contributed by atoms with Crippen molar-refractivity contribution in [3.8, 4) is 5.75 Å². The van der Waals surface area contributed by atoms with Crippen LogP contribution in [0.5, 0.6) is 5.75 Å². The van der Waals surface area contributed by atoms with Gasteiger partial charge in [0.2, 0.25) is 5.91 Å². The number of aromatic nitrogens is 1. The lowest BCUT2D eigenvalue weighted by Crippen LogP contribution is -2.60. The Morgan fingerprint density at radius 2 is 2.06 bits per heavy atom. The number of phenols is 1. The van der Waals surface area contributed by atoms with E-state index >= 15 is 0 Å². The fourth-order valence-electron chi connectivity index (χ4n) is 4.93. The summed E-state index contributed by atoms with van der Waals surface area (Å²) in [7, 11) is 0. The van der Waals surface area contributed by atoms with Crippen molar-refractivity contribution in [3.05, 3.63) is 71.9 Å². The average Bonchev–Trinajstić information content (AvgIpc) is 3.37. The summed E-state index contributed by atoms with van der Waals surface area (Å²) < 4.78 is 5.61. The van der Waals surface area contributed by atoms with Crippen molar-refractivity contribution in [1.82, 2.24) is 15.6 Å². The van der Waals surface area contributed by atoms with E-state index in [1.165, 1.54) is 6.07 Å². The van der Waals surface area contributed by atoms with E-state index in [0.29, 0.717) is 24.0 Å². The van der Waals surface area contributed by atoms with E-state index in [-0.39, 0.29) is 30.7 Å². The molecule has 8 heteroatoms. The Bertz CT molecular complexity index is 1280. The highest BCUT2D eigenvalue weighted by Crippen LogP contribution is 2.37. The summed E-state index contributed by atoms with van der Waals surface area (Å²) >= 11 is 0. The number of carbonyl (C=O) groups excluding carboxylic acids is 3. The highest BCUT2D eigenvalue weighted by Gasteiger charge is 2.55. The minimum Gasteiger partial charge on any atom is -0.508 e. The Morgan fingerprint density at radius 3 is 2.91 bits per heavy atom. The van der Waals surface area contributed by atoms with Gasteiger partial charge in [-0.05, 0) is 61.2 Å². The summed E-state index contributed by atoms with van der Waals surface area (Å²) in [6, 6.07) is 14.4. The molecule has 0 bridgehead atoms. The minimum absolute atomic E-state index is 0.0142. The quantitative estimate of drug-likeness (QED) is 0.521. The molecule has 1 saturated carbocycles. The number of benzene rings is 2. The number of Topliss-reactive ketones (excluding diaryl/α,β-unsaturated/α-hetero) is 1. The molecule has 2 heterocycles. The summed E-state index contributed by atoms with van der Waals surface area (Å²) in [5.74, 6) is -0.933. The number of pyridine rings is 1. The first kappa shape index (κ1) is 22.0. The van der Waals surface area contributed by atoms with E-state index in [1.807, 2.05) is 6.07 Å². The standard InChI is InChI=1S/C26H25N3O5/c30-19-6-1-4-16(12-19)13-21(25(33)29-26-10-2-7-23(26)34-15-22(26)31)28-24(32)18-8-9-20-17(14-18)5-3-11-27-20/h1,3-6,8-9,11-12,14,21,23,30H,2,7,10,13,15H2,(H,28,32)(H,29,33).